The van der Waals surface area contributed by atoms with Gasteiger partial charge in [-0.3, -0.25) is 15.1 Å². The maximum Gasteiger partial charge on any atom is 0.327 e. The summed E-state index contributed by atoms with van der Waals surface area (Å²) in [6.45, 7) is 1.58. The number of para-hydroxylation sites is 1. The molecule has 0 radical (unpaired) electrons. The minimum Gasteiger partial charge on any atom is -0.372 e. The molecule has 1 fully saturated rings. The summed E-state index contributed by atoms with van der Waals surface area (Å²) in [6, 6.07) is 7.93. The van der Waals surface area contributed by atoms with E-state index in [1.807, 2.05) is 12.1 Å². The third-order valence-corrected chi connectivity index (χ3v) is 3.87. The maximum absolute atomic E-state index is 13.7. The molecule has 1 atom stereocenters. The zero-order valence-corrected chi connectivity index (χ0v) is 12.4. The molecule has 6 nitrogen and oxygen atoms in total. The molecule has 0 spiro atoms. The Labute approximate surface area is 132 Å². The van der Waals surface area contributed by atoms with Gasteiger partial charge in [-0.15, -0.1) is 0 Å². The third kappa shape index (κ3) is 3.45. The Morgan fingerprint density at radius 2 is 2.13 bits per heavy atom. The van der Waals surface area contributed by atoms with Gasteiger partial charge in [0.25, 0.3) is 0 Å². The maximum atomic E-state index is 13.7. The number of pyridine rings is 1. The standard InChI is InChI=1S/C16H16FN3O3/c17-14-2-1-3-15(16(14)20(21)22)19-9-6-13(10-19)23-11-12-4-7-18-8-5-12/h1-5,7-8,13H,6,9-11H2/t13-/m1/s1. The topological polar surface area (TPSA) is 68.5 Å². The first kappa shape index (κ1) is 15.4. The third-order valence-electron chi connectivity index (χ3n) is 3.87. The highest BCUT2D eigenvalue weighted by atomic mass is 19.1. The van der Waals surface area contributed by atoms with Gasteiger partial charge in [0.05, 0.1) is 17.6 Å². The van der Waals surface area contributed by atoms with Gasteiger partial charge in [-0.1, -0.05) is 6.07 Å². The minimum absolute atomic E-state index is 0.0361. The number of benzene rings is 1. The summed E-state index contributed by atoms with van der Waals surface area (Å²) in [4.78, 5) is 16.2. The molecule has 23 heavy (non-hydrogen) atoms. The van der Waals surface area contributed by atoms with E-state index >= 15 is 0 Å². The average Bonchev–Trinajstić information content (AvgIpc) is 3.02. The molecule has 3 rings (SSSR count). The van der Waals surface area contributed by atoms with Crippen molar-refractivity contribution in [1.82, 2.24) is 4.98 Å². The molecule has 7 heteroatoms. The van der Waals surface area contributed by atoms with Crippen LogP contribution < -0.4 is 4.90 Å². The summed E-state index contributed by atoms with van der Waals surface area (Å²) in [6.07, 6.45) is 4.12. The van der Waals surface area contributed by atoms with Crippen LogP contribution in [0.2, 0.25) is 0 Å². The van der Waals surface area contributed by atoms with Crippen LogP contribution in [-0.2, 0) is 11.3 Å². The molecule has 120 valence electrons. The van der Waals surface area contributed by atoms with Crippen molar-refractivity contribution in [2.24, 2.45) is 0 Å². The Morgan fingerprint density at radius 1 is 1.35 bits per heavy atom. The second-order valence-electron chi connectivity index (χ2n) is 5.39. The van der Waals surface area contributed by atoms with E-state index in [0.717, 1.165) is 18.1 Å². The number of ether oxygens (including phenoxy) is 1. The van der Waals surface area contributed by atoms with Crippen LogP contribution in [0.15, 0.2) is 42.7 Å². The first-order valence-corrected chi connectivity index (χ1v) is 7.33. The van der Waals surface area contributed by atoms with E-state index in [4.69, 9.17) is 4.74 Å². The molecule has 2 aromatic rings. The molecular formula is C16H16FN3O3. The molecule has 0 bridgehead atoms. The summed E-state index contributed by atoms with van der Waals surface area (Å²) in [5, 5.41) is 11.1. The Hall–Kier alpha value is -2.54. The number of hydrogen-bond acceptors (Lipinski definition) is 5. The molecule has 1 aromatic carbocycles. The van der Waals surface area contributed by atoms with Crippen LogP contribution in [0.1, 0.15) is 12.0 Å². The van der Waals surface area contributed by atoms with Gasteiger partial charge in [-0.2, -0.15) is 4.39 Å². The fourth-order valence-corrected chi connectivity index (χ4v) is 2.72. The summed E-state index contributed by atoms with van der Waals surface area (Å²) in [7, 11) is 0. The van der Waals surface area contributed by atoms with E-state index in [0.29, 0.717) is 25.4 Å². The van der Waals surface area contributed by atoms with Gasteiger partial charge >= 0.3 is 5.69 Å². The Bertz CT molecular complexity index is 696. The van der Waals surface area contributed by atoms with E-state index in [1.165, 1.54) is 6.07 Å². The number of nitro benzene ring substituents is 1. The van der Waals surface area contributed by atoms with E-state index in [2.05, 4.69) is 4.98 Å². The van der Waals surface area contributed by atoms with Gasteiger partial charge in [0.15, 0.2) is 0 Å². The molecule has 0 amide bonds. The second-order valence-corrected chi connectivity index (χ2v) is 5.39. The summed E-state index contributed by atoms with van der Waals surface area (Å²) < 4.78 is 19.6. The quantitative estimate of drug-likeness (QED) is 0.626. The molecule has 0 saturated carbocycles. The molecule has 2 heterocycles. The van der Waals surface area contributed by atoms with Crippen molar-refractivity contribution in [3.05, 3.63) is 64.2 Å². The van der Waals surface area contributed by atoms with Gasteiger partial charge < -0.3 is 9.64 Å². The van der Waals surface area contributed by atoms with Crippen molar-refractivity contribution in [1.29, 1.82) is 0 Å². The highest BCUT2D eigenvalue weighted by molar-refractivity contribution is 5.64. The summed E-state index contributed by atoms with van der Waals surface area (Å²) >= 11 is 0. The van der Waals surface area contributed by atoms with Crippen molar-refractivity contribution in [3.63, 3.8) is 0 Å². The monoisotopic (exact) mass is 317 g/mol. The van der Waals surface area contributed by atoms with Crippen LogP contribution >= 0.6 is 0 Å². The largest absolute Gasteiger partial charge is 0.372 e. The van der Waals surface area contributed by atoms with Crippen LogP contribution in [0.4, 0.5) is 15.8 Å². The van der Waals surface area contributed by atoms with Gasteiger partial charge in [-0.05, 0) is 36.2 Å². The zero-order chi connectivity index (χ0) is 16.2. The highest BCUT2D eigenvalue weighted by Gasteiger charge is 2.30. The molecule has 1 aromatic heterocycles. The number of nitrogens with zero attached hydrogens (tertiary/aromatic N) is 3. The molecule has 1 aliphatic heterocycles. The van der Waals surface area contributed by atoms with E-state index in [-0.39, 0.29) is 6.10 Å². The minimum atomic E-state index is -0.811. The molecule has 0 aliphatic carbocycles. The predicted molar refractivity (Wildman–Crippen MR) is 82.7 cm³/mol. The first-order chi connectivity index (χ1) is 11.1. The number of aromatic nitrogens is 1. The lowest BCUT2D eigenvalue weighted by atomic mass is 10.2. The summed E-state index contributed by atoms with van der Waals surface area (Å²) in [5.41, 5.74) is 0.863. The van der Waals surface area contributed by atoms with Crippen LogP contribution in [0.3, 0.4) is 0 Å². The van der Waals surface area contributed by atoms with Crippen LogP contribution in [0, 0.1) is 15.9 Å². The average molecular weight is 317 g/mol. The van der Waals surface area contributed by atoms with Crippen molar-refractivity contribution in [2.45, 2.75) is 19.1 Å². The lowest BCUT2D eigenvalue weighted by Crippen LogP contribution is -2.23. The Kier molecular flexibility index (Phi) is 4.47. The lowest BCUT2D eigenvalue weighted by Gasteiger charge is -2.18. The predicted octanol–water partition coefficient (Wildman–Crippen LogP) is 2.92. The fraction of sp³-hybridized carbons (Fsp3) is 0.312. The molecule has 0 unspecified atom stereocenters. The molecule has 1 saturated heterocycles. The van der Waals surface area contributed by atoms with Crippen molar-refractivity contribution in [3.8, 4) is 0 Å². The van der Waals surface area contributed by atoms with Gasteiger partial charge in [0, 0.05) is 25.5 Å². The van der Waals surface area contributed by atoms with Gasteiger partial charge in [0.2, 0.25) is 5.82 Å². The number of rotatable bonds is 5. The van der Waals surface area contributed by atoms with Crippen molar-refractivity contribution >= 4 is 11.4 Å². The van der Waals surface area contributed by atoms with E-state index in [9.17, 15) is 14.5 Å². The molecule has 0 N–H and O–H groups in total. The van der Waals surface area contributed by atoms with Crippen LogP contribution in [-0.4, -0.2) is 29.1 Å². The smallest absolute Gasteiger partial charge is 0.327 e. The highest BCUT2D eigenvalue weighted by Crippen LogP contribution is 2.33. The second kappa shape index (κ2) is 6.70. The normalized spacial score (nSPS) is 17.4. The summed E-state index contributed by atoms with van der Waals surface area (Å²) in [5.74, 6) is -0.811. The first-order valence-electron chi connectivity index (χ1n) is 7.33. The lowest BCUT2D eigenvalue weighted by molar-refractivity contribution is -0.386. The Balaban J connectivity index is 1.66. The van der Waals surface area contributed by atoms with Crippen molar-refractivity contribution < 1.29 is 14.1 Å². The number of halogens is 1. The fourth-order valence-electron chi connectivity index (χ4n) is 2.72. The molecular weight excluding hydrogens is 301 g/mol. The van der Waals surface area contributed by atoms with Gasteiger partial charge in [0.1, 0.15) is 5.69 Å². The molecule has 1 aliphatic rings. The van der Waals surface area contributed by atoms with Crippen molar-refractivity contribution in [2.75, 3.05) is 18.0 Å². The van der Waals surface area contributed by atoms with E-state index < -0.39 is 16.4 Å². The van der Waals surface area contributed by atoms with Crippen LogP contribution in [0.5, 0.6) is 0 Å². The Morgan fingerprint density at radius 3 is 2.87 bits per heavy atom. The zero-order valence-electron chi connectivity index (χ0n) is 12.4. The number of hydrogen-bond donors (Lipinski definition) is 0. The van der Waals surface area contributed by atoms with Gasteiger partial charge in [-0.25, -0.2) is 0 Å². The SMILES string of the molecule is O=[N+]([O-])c1c(F)cccc1N1CC[C@@H](OCc2ccncc2)C1. The van der Waals surface area contributed by atoms with E-state index in [1.54, 1.807) is 23.4 Å². The van der Waals surface area contributed by atoms with Crippen LogP contribution in [0.25, 0.3) is 0 Å². The number of nitro groups is 1. The number of anilines is 1.